The molecule has 0 bridgehead atoms. The molecule has 2 heterocycles. The lowest BCUT2D eigenvalue weighted by Gasteiger charge is -2.19. The summed E-state index contributed by atoms with van der Waals surface area (Å²) in [5.74, 6) is -1.71. The first-order valence-electron chi connectivity index (χ1n) is 9.09. The van der Waals surface area contributed by atoms with Crippen molar-refractivity contribution in [3.8, 4) is 0 Å². The summed E-state index contributed by atoms with van der Waals surface area (Å²) in [6.07, 6.45) is 0.852. The average Bonchev–Trinajstić information content (AvgIpc) is 3.27. The summed E-state index contributed by atoms with van der Waals surface area (Å²) < 4.78 is 28.0. The van der Waals surface area contributed by atoms with Crippen molar-refractivity contribution in [2.75, 3.05) is 24.5 Å². The minimum absolute atomic E-state index is 0.210. The molecule has 2 N–H and O–H groups in total. The molecular formula is C20H20F2N4O2. The van der Waals surface area contributed by atoms with Crippen molar-refractivity contribution in [2.24, 2.45) is 13.0 Å². The molecule has 3 aromatic rings. The quantitative estimate of drug-likeness (QED) is 0.724. The van der Waals surface area contributed by atoms with E-state index in [4.69, 9.17) is 0 Å². The molecule has 1 aromatic heterocycles. The molecule has 1 fully saturated rings. The number of nitrogens with zero attached hydrogens (tertiary/aromatic N) is 2. The number of hydrogen-bond acceptors (Lipinski definition) is 3. The molecule has 1 aliphatic rings. The number of aromatic amines is 1. The molecule has 6 nitrogen and oxygen atoms in total. The van der Waals surface area contributed by atoms with Crippen molar-refractivity contribution in [3.63, 3.8) is 0 Å². The summed E-state index contributed by atoms with van der Waals surface area (Å²) in [6.45, 7) is 1.88. The van der Waals surface area contributed by atoms with Crippen LogP contribution in [0.1, 0.15) is 16.8 Å². The SMILES string of the molecule is Cn1c(=O)[nH]c2cc(C(=O)NCC3CCN(c4ccc(F)c(F)c4)C3)ccc21. The van der Waals surface area contributed by atoms with Crippen molar-refractivity contribution in [1.82, 2.24) is 14.9 Å². The van der Waals surface area contributed by atoms with Gasteiger partial charge in [0.05, 0.1) is 11.0 Å². The minimum Gasteiger partial charge on any atom is -0.371 e. The second kappa shape index (κ2) is 7.10. The predicted octanol–water partition coefficient (Wildman–Crippen LogP) is 2.40. The van der Waals surface area contributed by atoms with Gasteiger partial charge in [-0.3, -0.25) is 9.36 Å². The number of hydrogen-bond donors (Lipinski definition) is 2. The Morgan fingerprint density at radius 2 is 2.04 bits per heavy atom. The van der Waals surface area contributed by atoms with Crippen LogP contribution in [0, 0.1) is 17.6 Å². The Balaban J connectivity index is 1.37. The molecule has 1 unspecified atom stereocenters. The number of imidazole rings is 1. The highest BCUT2D eigenvalue weighted by molar-refractivity contribution is 5.97. The van der Waals surface area contributed by atoms with Gasteiger partial charge in [-0.25, -0.2) is 13.6 Å². The smallest absolute Gasteiger partial charge is 0.326 e. The van der Waals surface area contributed by atoms with Gasteiger partial charge in [-0.05, 0) is 42.7 Å². The Hall–Kier alpha value is -3.16. The van der Waals surface area contributed by atoms with Crippen molar-refractivity contribution >= 4 is 22.6 Å². The maximum absolute atomic E-state index is 13.4. The van der Waals surface area contributed by atoms with Gasteiger partial charge in [0.2, 0.25) is 0 Å². The van der Waals surface area contributed by atoms with Crippen molar-refractivity contribution in [3.05, 3.63) is 64.1 Å². The lowest BCUT2D eigenvalue weighted by molar-refractivity contribution is 0.0948. The summed E-state index contributed by atoms with van der Waals surface area (Å²) in [4.78, 5) is 28.8. The van der Waals surface area contributed by atoms with Gasteiger partial charge in [0.1, 0.15) is 0 Å². The summed E-state index contributed by atoms with van der Waals surface area (Å²) in [5, 5.41) is 2.92. The van der Waals surface area contributed by atoms with Crippen LogP contribution in [0.3, 0.4) is 0 Å². The number of carbonyl (C=O) groups is 1. The fourth-order valence-electron chi connectivity index (χ4n) is 3.63. The number of fused-ring (bicyclic) bond motifs is 1. The first-order chi connectivity index (χ1) is 13.4. The van der Waals surface area contributed by atoms with Crippen molar-refractivity contribution in [1.29, 1.82) is 0 Å². The van der Waals surface area contributed by atoms with E-state index in [1.54, 1.807) is 31.3 Å². The lowest BCUT2D eigenvalue weighted by Crippen LogP contribution is -2.31. The molecule has 4 rings (SSSR count). The molecule has 1 saturated heterocycles. The predicted molar refractivity (Wildman–Crippen MR) is 103 cm³/mol. The largest absolute Gasteiger partial charge is 0.371 e. The van der Waals surface area contributed by atoms with E-state index in [-0.39, 0.29) is 17.5 Å². The second-order valence-electron chi connectivity index (χ2n) is 7.13. The number of H-pyrrole nitrogens is 1. The molecule has 2 aromatic carbocycles. The fourth-order valence-corrected chi connectivity index (χ4v) is 3.63. The highest BCUT2D eigenvalue weighted by Gasteiger charge is 2.24. The van der Waals surface area contributed by atoms with Crippen LogP contribution in [0.2, 0.25) is 0 Å². The number of benzene rings is 2. The molecular weight excluding hydrogens is 366 g/mol. The number of rotatable bonds is 4. The monoisotopic (exact) mass is 386 g/mol. The van der Waals surface area contributed by atoms with Crippen LogP contribution in [0.5, 0.6) is 0 Å². The zero-order chi connectivity index (χ0) is 19.8. The lowest BCUT2D eigenvalue weighted by atomic mass is 10.1. The number of aryl methyl sites for hydroxylation is 1. The number of aromatic nitrogens is 2. The number of halogens is 2. The molecule has 146 valence electrons. The normalized spacial score (nSPS) is 16.7. The average molecular weight is 386 g/mol. The van der Waals surface area contributed by atoms with Gasteiger partial charge in [0.25, 0.3) is 5.91 Å². The summed E-state index contributed by atoms with van der Waals surface area (Å²) >= 11 is 0. The van der Waals surface area contributed by atoms with E-state index in [1.165, 1.54) is 10.6 Å². The van der Waals surface area contributed by atoms with E-state index in [0.717, 1.165) is 24.5 Å². The van der Waals surface area contributed by atoms with E-state index in [9.17, 15) is 18.4 Å². The van der Waals surface area contributed by atoms with Gasteiger partial charge in [0.15, 0.2) is 11.6 Å². The summed E-state index contributed by atoms with van der Waals surface area (Å²) in [5.41, 5.74) is 2.25. The third-order valence-corrected chi connectivity index (χ3v) is 5.27. The maximum atomic E-state index is 13.4. The highest BCUT2D eigenvalue weighted by Crippen LogP contribution is 2.25. The zero-order valence-electron chi connectivity index (χ0n) is 15.3. The maximum Gasteiger partial charge on any atom is 0.326 e. The van der Waals surface area contributed by atoms with Crippen LogP contribution in [0.25, 0.3) is 11.0 Å². The van der Waals surface area contributed by atoms with E-state index in [2.05, 4.69) is 10.3 Å². The molecule has 0 aliphatic carbocycles. The highest BCUT2D eigenvalue weighted by atomic mass is 19.2. The van der Waals surface area contributed by atoms with Crippen LogP contribution in [0.15, 0.2) is 41.2 Å². The molecule has 1 aliphatic heterocycles. The number of carbonyl (C=O) groups excluding carboxylic acids is 1. The summed E-state index contributed by atoms with van der Waals surface area (Å²) in [6, 6.07) is 8.98. The van der Waals surface area contributed by atoms with Crippen LogP contribution < -0.4 is 15.9 Å². The van der Waals surface area contributed by atoms with Gasteiger partial charge in [-0.1, -0.05) is 0 Å². The van der Waals surface area contributed by atoms with Crippen LogP contribution in [-0.2, 0) is 7.05 Å². The van der Waals surface area contributed by atoms with Gasteiger partial charge < -0.3 is 15.2 Å². The molecule has 8 heteroatoms. The third-order valence-electron chi connectivity index (χ3n) is 5.27. The first-order valence-corrected chi connectivity index (χ1v) is 9.09. The Morgan fingerprint density at radius 3 is 2.82 bits per heavy atom. The summed E-state index contributed by atoms with van der Waals surface area (Å²) in [7, 11) is 1.67. The van der Waals surface area contributed by atoms with Crippen molar-refractivity contribution in [2.45, 2.75) is 6.42 Å². The van der Waals surface area contributed by atoms with Crippen LogP contribution in [0.4, 0.5) is 14.5 Å². The van der Waals surface area contributed by atoms with E-state index in [1.807, 2.05) is 4.90 Å². The molecule has 0 radical (unpaired) electrons. The zero-order valence-corrected chi connectivity index (χ0v) is 15.3. The van der Waals surface area contributed by atoms with E-state index >= 15 is 0 Å². The molecule has 1 atom stereocenters. The first kappa shape index (κ1) is 18.2. The standard InChI is InChI=1S/C20H20F2N4O2/c1-25-18-5-2-13(8-17(18)24-20(25)28)19(27)23-10-12-6-7-26(11-12)14-3-4-15(21)16(22)9-14/h2-5,8-9,12H,6-7,10-11H2,1H3,(H,23,27)(H,24,28). The van der Waals surface area contributed by atoms with E-state index < -0.39 is 11.6 Å². The Labute approximate surface area is 159 Å². The fraction of sp³-hybridized carbons (Fsp3) is 0.300. The van der Waals surface area contributed by atoms with Gasteiger partial charge in [0, 0.05) is 44.0 Å². The van der Waals surface area contributed by atoms with E-state index in [0.29, 0.717) is 29.9 Å². The topological polar surface area (TPSA) is 70.1 Å². The Morgan fingerprint density at radius 1 is 1.21 bits per heavy atom. The number of nitrogens with one attached hydrogen (secondary N) is 2. The second-order valence-corrected chi connectivity index (χ2v) is 7.13. The van der Waals surface area contributed by atoms with Crippen LogP contribution >= 0.6 is 0 Å². The molecule has 0 spiro atoms. The third kappa shape index (κ3) is 3.37. The molecule has 1 amide bonds. The number of amides is 1. The van der Waals surface area contributed by atoms with Crippen molar-refractivity contribution < 1.29 is 13.6 Å². The number of anilines is 1. The Bertz CT molecular complexity index is 1110. The van der Waals surface area contributed by atoms with Crippen LogP contribution in [-0.4, -0.2) is 35.1 Å². The molecule has 0 saturated carbocycles. The van der Waals surface area contributed by atoms with Gasteiger partial charge in [-0.2, -0.15) is 0 Å². The minimum atomic E-state index is -0.858. The Kier molecular flexibility index (Phi) is 4.62. The molecule has 28 heavy (non-hydrogen) atoms. The van der Waals surface area contributed by atoms with Gasteiger partial charge >= 0.3 is 5.69 Å². The van der Waals surface area contributed by atoms with Gasteiger partial charge in [-0.15, -0.1) is 0 Å².